The zero-order valence-electron chi connectivity index (χ0n) is 14.4. The van der Waals surface area contributed by atoms with E-state index in [-0.39, 0.29) is 18.0 Å². The number of anilines is 3. The normalized spacial score (nSPS) is 17.4. The van der Waals surface area contributed by atoms with Crippen molar-refractivity contribution in [1.82, 2.24) is 15.0 Å². The highest BCUT2D eigenvalue weighted by atomic mass is 16.2. The van der Waals surface area contributed by atoms with Crippen LogP contribution in [-0.2, 0) is 4.79 Å². The Hall–Kier alpha value is -2.70. The molecular formula is C17H22N6O. The second kappa shape index (κ2) is 6.07. The van der Waals surface area contributed by atoms with Crippen molar-refractivity contribution in [3.63, 3.8) is 0 Å². The first-order valence-corrected chi connectivity index (χ1v) is 8.08. The van der Waals surface area contributed by atoms with E-state index in [0.29, 0.717) is 11.5 Å². The zero-order chi connectivity index (χ0) is 17.4. The Bertz CT molecular complexity index is 775. The quantitative estimate of drug-likeness (QED) is 0.929. The average Bonchev–Trinajstić information content (AvgIpc) is 2.57. The molecule has 2 aromatic rings. The van der Waals surface area contributed by atoms with Crippen LogP contribution in [0.4, 0.5) is 17.2 Å². The van der Waals surface area contributed by atoms with Crippen molar-refractivity contribution in [2.24, 2.45) is 0 Å². The van der Waals surface area contributed by atoms with Crippen molar-refractivity contribution in [3.8, 4) is 11.4 Å². The van der Waals surface area contributed by atoms with E-state index in [1.807, 2.05) is 6.92 Å². The van der Waals surface area contributed by atoms with Crippen LogP contribution in [0, 0.1) is 0 Å². The average molecular weight is 326 g/mol. The maximum absolute atomic E-state index is 12.6. The summed E-state index contributed by atoms with van der Waals surface area (Å²) in [5, 5.41) is 0. The zero-order valence-corrected chi connectivity index (χ0v) is 14.4. The molecule has 1 amide bonds. The fourth-order valence-electron chi connectivity index (χ4n) is 3.12. The summed E-state index contributed by atoms with van der Waals surface area (Å²) in [6, 6.07) is 1.72. The molecule has 0 saturated carbocycles. The van der Waals surface area contributed by atoms with Gasteiger partial charge in [-0.3, -0.25) is 9.78 Å². The lowest BCUT2D eigenvalue weighted by atomic mass is 10.1. The third-order valence-corrected chi connectivity index (χ3v) is 4.34. The highest BCUT2D eigenvalue weighted by Gasteiger charge is 2.38. The van der Waals surface area contributed by atoms with Gasteiger partial charge in [-0.25, -0.2) is 9.97 Å². The summed E-state index contributed by atoms with van der Waals surface area (Å²) >= 11 is 0. The SMILES string of the molecule is CC[C@@H]1C(=O)N(C)c2cnc(-c3ccncc3N)nc2N1C(C)C. The van der Waals surface area contributed by atoms with Crippen molar-refractivity contribution < 1.29 is 4.79 Å². The van der Waals surface area contributed by atoms with Gasteiger partial charge in [0.1, 0.15) is 11.7 Å². The van der Waals surface area contributed by atoms with Gasteiger partial charge in [-0.15, -0.1) is 0 Å². The fourth-order valence-corrected chi connectivity index (χ4v) is 3.12. The molecule has 0 radical (unpaired) electrons. The van der Waals surface area contributed by atoms with E-state index in [2.05, 4.69) is 28.7 Å². The monoisotopic (exact) mass is 326 g/mol. The molecule has 7 nitrogen and oxygen atoms in total. The van der Waals surface area contributed by atoms with E-state index < -0.39 is 0 Å². The minimum atomic E-state index is -0.222. The molecule has 24 heavy (non-hydrogen) atoms. The predicted molar refractivity (Wildman–Crippen MR) is 94.8 cm³/mol. The van der Waals surface area contributed by atoms with Crippen LogP contribution in [0.1, 0.15) is 27.2 Å². The molecule has 3 rings (SSSR count). The maximum Gasteiger partial charge on any atom is 0.249 e. The molecular weight excluding hydrogens is 304 g/mol. The van der Waals surface area contributed by atoms with Crippen molar-refractivity contribution in [3.05, 3.63) is 24.7 Å². The van der Waals surface area contributed by atoms with Crippen LogP contribution in [-0.4, -0.2) is 40.0 Å². The van der Waals surface area contributed by atoms with Gasteiger partial charge in [0.25, 0.3) is 0 Å². The van der Waals surface area contributed by atoms with Crippen LogP contribution in [0.25, 0.3) is 11.4 Å². The van der Waals surface area contributed by atoms with Crippen LogP contribution in [0.5, 0.6) is 0 Å². The number of likely N-dealkylation sites (N-methyl/N-ethyl adjacent to an activating group) is 1. The molecule has 126 valence electrons. The first kappa shape index (κ1) is 16.2. The van der Waals surface area contributed by atoms with Gasteiger partial charge in [0.05, 0.1) is 18.1 Å². The second-order valence-corrected chi connectivity index (χ2v) is 6.19. The molecule has 0 saturated heterocycles. The molecule has 0 aliphatic carbocycles. The summed E-state index contributed by atoms with van der Waals surface area (Å²) in [5.41, 5.74) is 7.99. The molecule has 0 spiro atoms. The number of nitrogen functional groups attached to an aromatic ring is 1. The number of carbonyl (C=O) groups excluding carboxylic acids is 1. The van der Waals surface area contributed by atoms with Crippen LogP contribution in [0.3, 0.4) is 0 Å². The van der Waals surface area contributed by atoms with Crippen molar-refractivity contribution in [2.45, 2.75) is 39.3 Å². The predicted octanol–water partition coefficient (Wildman–Crippen LogP) is 2.09. The fraction of sp³-hybridized carbons (Fsp3) is 0.412. The molecule has 1 aliphatic heterocycles. The lowest BCUT2D eigenvalue weighted by Gasteiger charge is -2.42. The molecule has 1 atom stereocenters. The highest BCUT2D eigenvalue weighted by molar-refractivity contribution is 6.04. The van der Waals surface area contributed by atoms with Gasteiger partial charge < -0.3 is 15.5 Å². The van der Waals surface area contributed by atoms with Gasteiger partial charge in [-0.2, -0.15) is 0 Å². The molecule has 0 aromatic carbocycles. The lowest BCUT2D eigenvalue weighted by molar-refractivity contribution is -0.120. The number of nitrogens with two attached hydrogens (primary N) is 1. The number of amides is 1. The summed E-state index contributed by atoms with van der Waals surface area (Å²) in [6.45, 7) is 6.14. The Morgan fingerprint density at radius 3 is 2.71 bits per heavy atom. The van der Waals surface area contributed by atoms with E-state index in [4.69, 9.17) is 10.7 Å². The molecule has 0 fully saturated rings. The topological polar surface area (TPSA) is 88.2 Å². The Morgan fingerprint density at radius 2 is 2.08 bits per heavy atom. The van der Waals surface area contributed by atoms with Crippen molar-refractivity contribution in [2.75, 3.05) is 22.6 Å². The van der Waals surface area contributed by atoms with Gasteiger partial charge in [-0.1, -0.05) is 6.92 Å². The molecule has 1 aliphatic rings. The largest absolute Gasteiger partial charge is 0.397 e. The number of hydrogen-bond acceptors (Lipinski definition) is 6. The Labute approximate surface area is 141 Å². The van der Waals surface area contributed by atoms with Crippen molar-refractivity contribution in [1.29, 1.82) is 0 Å². The van der Waals surface area contributed by atoms with Gasteiger partial charge in [0, 0.05) is 24.8 Å². The van der Waals surface area contributed by atoms with E-state index in [9.17, 15) is 4.79 Å². The minimum Gasteiger partial charge on any atom is -0.397 e. The molecule has 0 unspecified atom stereocenters. The molecule has 3 heterocycles. The maximum atomic E-state index is 12.6. The third-order valence-electron chi connectivity index (χ3n) is 4.34. The van der Waals surface area contributed by atoms with E-state index in [0.717, 1.165) is 23.5 Å². The van der Waals surface area contributed by atoms with E-state index in [1.54, 1.807) is 36.6 Å². The van der Waals surface area contributed by atoms with E-state index in [1.165, 1.54) is 0 Å². The highest BCUT2D eigenvalue weighted by Crippen LogP contribution is 2.37. The number of nitrogens with zero attached hydrogens (tertiary/aromatic N) is 5. The number of hydrogen-bond donors (Lipinski definition) is 1. The third kappa shape index (κ3) is 2.46. The van der Waals surface area contributed by atoms with Crippen LogP contribution < -0.4 is 15.5 Å². The number of aromatic nitrogens is 3. The van der Waals surface area contributed by atoms with Gasteiger partial charge in [0.2, 0.25) is 5.91 Å². The second-order valence-electron chi connectivity index (χ2n) is 6.19. The van der Waals surface area contributed by atoms with Gasteiger partial charge >= 0.3 is 0 Å². The van der Waals surface area contributed by atoms with Crippen LogP contribution >= 0.6 is 0 Å². The summed E-state index contributed by atoms with van der Waals surface area (Å²) in [4.78, 5) is 29.5. The minimum absolute atomic E-state index is 0.0680. The smallest absolute Gasteiger partial charge is 0.249 e. The molecule has 2 aromatic heterocycles. The van der Waals surface area contributed by atoms with Crippen LogP contribution in [0.15, 0.2) is 24.7 Å². The first-order valence-electron chi connectivity index (χ1n) is 8.08. The van der Waals surface area contributed by atoms with Crippen LogP contribution in [0.2, 0.25) is 0 Å². The molecule has 7 heteroatoms. The Balaban J connectivity index is 2.18. The van der Waals surface area contributed by atoms with Gasteiger partial charge in [-0.05, 0) is 26.3 Å². The molecule has 0 bridgehead atoms. The summed E-state index contributed by atoms with van der Waals surface area (Å²) in [7, 11) is 1.77. The number of fused-ring (bicyclic) bond motifs is 1. The number of carbonyl (C=O) groups is 1. The summed E-state index contributed by atoms with van der Waals surface area (Å²) < 4.78 is 0. The standard InChI is InChI=1S/C17H22N6O/c1-5-13-17(24)22(4)14-9-20-15(11-6-7-19-8-12(11)18)21-16(14)23(13)10(2)3/h6-10,13H,5,18H2,1-4H3/t13-/m1/s1. The number of rotatable bonds is 3. The Kier molecular flexibility index (Phi) is 4.09. The summed E-state index contributed by atoms with van der Waals surface area (Å²) in [5.74, 6) is 1.37. The number of pyridine rings is 1. The lowest BCUT2D eigenvalue weighted by Crippen LogP contribution is -2.54. The van der Waals surface area contributed by atoms with E-state index >= 15 is 0 Å². The van der Waals surface area contributed by atoms with Crippen molar-refractivity contribution >= 4 is 23.1 Å². The first-order chi connectivity index (χ1) is 11.5. The van der Waals surface area contributed by atoms with Gasteiger partial charge in [0.15, 0.2) is 11.6 Å². The summed E-state index contributed by atoms with van der Waals surface area (Å²) in [6.07, 6.45) is 5.66. The molecule has 2 N–H and O–H groups in total. The Morgan fingerprint density at radius 1 is 1.33 bits per heavy atom.